The number of anilines is 1. The number of imidazole rings is 1. The van der Waals surface area contributed by atoms with E-state index in [0.29, 0.717) is 28.5 Å². The first-order chi connectivity index (χ1) is 15.3. The maximum Gasteiger partial charge on any atom is 0.188 e. The monoisotopic (exact) mass is 408 g/mol. The molecule has 0 bridgehead atoms. The van der Waals surface area contributed by atoms with E-state index in [2.05, 4.69) is 25.5 Å². The number of para-hydroxylation sites is 3. The number of benzene rings is 2. The highest BCUT2D eigenvalue weighted by Gasteiger charge is 2.21. The van der Waals surface area contributed by atoms with E-state index in [1.54, 1.807) is 15.6 Å². The van der Waals surface area contributed by atoms with Crippen LogP contribution in [0.4, 0.5) is 5.82 Å². The highest BCUT2D eigenvalue weighted by atomic mass is 15.4. The lowest BCUT2D eigenvalue weighted by atomic mass is 10.3. The van der Waals surface area contributed by atoms with Crippen LogP contribution < -0.4 is 11.3 Å². The highest BCUT2D eigenvalue weighted by molar-refractivity contribution is 5.88. The smallest absolute Gasteiger partial charge is 0.188 e. The zero-order chi connectivity index (χ0) is 20.8. The van der Waals surface area contributed by atoms with E-state index >= 15 is 0 Å². The number of aromatic amines is 1. The summed E-state index contributed by atoms with van der Waals surface area (Å²) >= 11 is 0. The number of H-pyrrole nitrogens is 1. The van der Waals surface area contributed by atoms with Gasteiger partial charge < -0.3 is 10.4 Å². The number of nitrogens with zero attached hydrogens (tertiary/aromatic N) is 7. The van der Waals surface area contributed by atoms with Crippen molar-refractivity contribution in [3.63, 3.8) is 0 Å². The highest BCUT2D eigenvalue weighted by Crippen LogP contribution is 2.29. The van der Waals surface area contributed by atoms with Crippen LogP contribution in [-0.2, 0) is 0 Å². The first-order valence-electron chi connectivity index (χ1n) is 9.58. The maximum atomic E-state index is 5.60. The first-order valence-corrected chi connectivity index (χ1v) is 9.58. The van der Waals surface area contributed by atoms with Crippen molar-refractivity contribution in [2.75, 3.05) is 5.43 Å². The zero-order valence-electron chi connectivity index (χ0n) is 16.1. The van der Waals surface area contributed by atoms with Gasteiger partial charge in [-0.25, -0.2) is 25.5 Å². The minimum atomic E-state index is 0.490. The number of fused-ring (bicyclic) bond motifs is 2. The molecule has 0 spiro atoms. The van der Waals surface area contributed by atoms with Gasteiger partial charge in [-0.1, -0.05) is 30.3 Å². The molecule has 4 heterocycles. The van der Waals surface area contributed by atoms with E-state index in [-0.39, 0.29) is 0 Å². The van der Waals surface area contributed by atoms with Crippen molar-refractivity contribution in [2.24, 2.45) is 5.84 Å². The molecule has 0 aliphatic heterocycles. The summed E-state index contributed by atoms with van der Waals surface area (Å²) in [5, 5.41) is 10.0. The van der Waals surface area contributed by atoms with Crippen LogP contribution in [0.2, 0.25) is 0 Å². The Morgan fingerprint density at radius 1 is 0.968 bits per heavy atom. The molecule has 4 N–H and O–H groups in total. The van der Waals surface area contributed by atoms with Crippen molar-refractivity contribution in [1.82, 2.24) is 39.5 Å². The maximum absolute atomic E-state index is 5.60. The van der Waals surface area contributed by atoms with Crippen molar-refractivity contribution in [3.05, 3.63) is 73.3 Å². The number of hydrazine groups is 1. The van der Waals surface area contributed by atoms with E-state index in [4.69, 9.17) is 15.9 Å². The molecule has 0 amide bonds. The van der Waals surface area contributed by atoms with Gasteiger partial charge in [0.1, 0.15) is 12.2 Å². The summed E-state index contributed by atoms with van der Waals surface area (Å²) in [6, 6.07) is 17.7. The Labute approximate surface area is 175 Å². The van der Waals surface area contributed by atoms with Crippen molar-refractivity contribution >= 4 is 27.9 Å². The number of rotatable bonds is 4. The molecule has 0 aliphatic carbocycles. The Hall–Kier alpha value is -4.57. The molecule has 6 rings (SSSR count). The number of aromatic nitrogens is 8. The number of hydrogen-bond donors (Lipinski definition) is 3. The molecule has 150 valence electrons. The molecule has 2 aromatic carbocycles. The second-order valence-corrected chi connectivity index (χ2v) is 6.91. The second kappa shape index (κ2) is 6.75. The first kappa shape index (κ1) is 17.3. The Kier molecular flexibility index (Phi) is 3.77. The summed E-state index contributed by atoms with van der Waals surface area (Å²) in [4.78, 5) is 16.7. The summed E-state index contributed by atoms with van der Waals surface area (Å²) in [6.45, 7) is 0. The lowest BCUT2D eigenvalue weighted by Gasteiger charge is -2.03. The lowest BCUT2D eigenvalue weighted by Crippen LogP contribution is -2.09. The number of nitrogen functional groups attached to an aromatic ring is 1. The van der Waals surface area contributed by atoms with Gasteiger partial charge in [0.2, 0.25) is 0 Å². The van der Waals surface area contributed by atoms with Crippen LogP contribution in [0.5, 0.6) is 0 Å². The third kappa shape index (κ3) is 2.74. The molecule has 0 atom stereocenters. The van der Waals surface area contributed by atoms with Gasteiger partial charge in [0.05, 0.1) is 33.9 Å². The molecule has 10 nitrogen and oxygen atoms in total. The standard InChI is InChI=1S/C21H16N10/c22-28-18-14-10-25-31(20(14)24-12-23-18)21-15(11-30(29-21)13-6-2-1-3-7-13)19-26-16-8-4-5-9-17(16)27-19/h1-12H,22H2,(H,26,27)(H,23,24,28). The molecule has 0 saturated carbocycles. The molecular weight excluding hydrogens is 392 g/mol. The fraction of sp³-hybridized carbons (Fsp3) is 0. The second-order valence-electron chi connectivity index (χ2n) is 6.91. The summed E-state index contributed by atoms with van der Waals surface area (Å²) in [5.41, 5.74) is 6.68. The van der Waals surface area contributed by atoms with Gasteiger partial charge in [-0.15, -0.1) is 5.10 Å². The zero-order valence-corrected chi connectivity index (χ0v) is 16.1. The largest absolute Gasteiger partial charge is 0.338 e. The number of hydrogen-bond acceptors (Lipinski definition) is 7. The summed E-state index contributed by atoms with van der Waals surface area (Å²) in [7, 11) is 0. The van der Waals surface area contributed by atoms with Crippen LogP contribution in [0.3, 0.4) is 0 Å². The molecule has 0 saturated heterocycles. The predicted octanol–water partition coefficient (Wildman–Crippen LogP) is 2.83. The van der Waals surface area contributed by atoms with Crippen LogP contribution in [-0.4, -0.2) is 39.5 Å². The number of nitrogens with one attached hydrogen (secondary N) is 2. The lowest BCUT2D eigenvalue weighted by molar-refractivity contribution is 0.803. The van der Waals surface area contributed by atoms with Crippen molar-refractivity contribution in [1.29, 1.82) is 0 Å². The molecule has 4 aromatic heterocycles. The van der Waals surface area contributed by atoms with E-state index in [0.717, 1.165) is 22.3 Å². The quantitative estimate of drug-likeness (QED) is 0.302. The van der Waals surface area contributed by atoms with Gasteiger partial charge in [0.15, 0.2) is 17.3 Å². The molecule has 0 unspecified atom stereocenters. The molecule has 6 aromatic rings. The van der Waals surface area contributed by atoms with Gasteiger partial charge in [-0.2, -0.15) is 9.78 Å². The topological polar surface area (TPSA) is 128 Å². The molecule has 0 fully saturated rings. The van der Waals surface area contributed by atoms with Gasteiger partial charge in [0, 0.05) is 6.20 Å². The molecule has 0 radical (unpaired) electrons. The minimum Gasteiger partial charge on any atom is -0.338 e. The Morgan fingerprint density at radius 3 is 2.65 bits per heavy atom. The normalized spacial score (nSPS) is 11.4. The number of nitrogens with two attached hydrogens (primary N) is 1. The minimum absolute atomic E-state index is 0.490. The summed E-state index contributed by atoms with van der Waals surface area (Å²) in [6.07, 6.45) is 5.03. The van der Waals surface area contributed by atoms with E-state index in [1.165, 1.54) is 6.33 Å². The van der Waals surface area contributed by atoms with E-state index in [9.17, 15) is 0 Å². The van der Waals surface area contributed by atoms with Crippen LogP contribution in [0.15, 0.2) is 73.3 Å². The Bertz CT molecular complexity index is 1490. The van der Waals surface area contributed by atoms with Gasteiger partial charge in [-0.3, -0.25) is 0 Å². The van der Waals surface area contributed by atoms with Crippen LogP contribution >= 0.6 is 0 Å². The Balaban J connectivity index is 1.61. The fourth-order valence-electron chi connectivity index (χ4n) is 3.60. The van der Waals surface area contributed by atoms with Gasteiger partial charge in [-0.05, 0) is 24.3 Å². The van der Waals surface area contributed by atoms with E-state index < -0.39 is 0 Å². The fourth-order valence-corrected chi connectivity index (χ4v) is 3.60. The average Bonchev–Trinajstić information content (AvgIpc) is 3.54. The van der Waals surface area contributed by atoms with Crippen molar-refractivity contribution < 1.29 is 0 Å². The summed E-state index contributed by atoms with van der Waals surface area (Å²) in [5.74, 6) is 7.36. The molecule has 0 aliphatic rings. The van der Waals surface area contributed by atoms with Gasteiger partial charge >= 0.3 is 0 Å². The molecule has 31 heavy (non-hydrogen) atoms. The third-order valence-corrected chi connectivity index (χ3v) is 5.06. The van der Waals surface area contributed by atoms with Gasteiger partial charge in [0.25, 0.3) is 0 Å². The van der Waals surface area contributed by atoms with Crippen LogP contribution in [0.1, 0.15) is 0 Å². The van der Waals surface area contributed by atoms with Crippen LogP contribution in [0.25, 0.3) is 45.0 Å². The average molecular weight is 408 g/mol. The van der Waals surface area contributed by atoms with Crippen LogP contribution in [0, 0.1) is 0 Å². The third-order valence-electron chi connectivity index (χ3n) is 5.06. The predicted molar refractivity (Wildman–Crippen MR) is 117 cm³/mol. The molecular formula is C21H16N10. The SMILES string of the molecule is NNc1ncnc2c1cnn2-c1nn(-c2ccccc2)cc1-c1nc2ccccc2[nH]1. The summed E-state index contributed by atoms with van der Waals surface area (Å²) < 4.78 is 3.47. The van der Waals surface area contributed by atoms with E-state index in [1.807, 2.05) is 60.8 Å². The Morgan fingerprint density at radius 2 is 1.81 bits per heavy atom. The van der Waals surface area contributed by atoms with Crippen molar-refractivity contribution in [3.8, 4) is 22.9 Å². The molecule has 10 heteroatoms. The van der Waals surface area contributed by atoms with Crippen molar-refractivity contribution in [2.45, 2.75) is 0 Å².